The average Bonchev–Trinajstić information content (AvgIpc) is 1.79. The van der Waals surface area contributed by atoms with Crippen molar-refractivity contribution in [2.75, 3.05) is 57.3 Å². The van der Waals surface area contributed by atoms with Gasteiger partial charge in [0.15, 0.2) is 23.8 Å². The van der Waals surface area contributed by atoms with Gasteiger partial charge in [0, 0.05) is 70.0 Å². The second-order valence-corrected chi connectivity index (χ2v) is 38.2. The molecule has 3 aromatic carbocycles. The minimum atomic E-state index is -2.01. The maximum atomic E-state index is 15.9. The van der Waals surface area contributed by atoms with Gasteiger partial charge < -0.3 is 145 Å². The lowest BCUT2D eigenvalue weighted by Crippen LogP contribution is -2.62. The van der Waals surface area contributed by atoms with Crippen LogP contribution in [-0.4, -0.2) is 292 Å². The number of rotatable bonds is 40. The Kier molecular flexibility index (Phi) is 48.4. The van der Waals surface area contributed by atoms with Crippen LogP contribution in [0.4, 0.5) is 0 Å². The number of aromatic hydroxyl groups is 1. The molecule has 776 valence electrons. The first-order valence-electron chi connectivity index (χ1n) is 47.1. The first-order valence-corrected chi connectivity index (χ1v) is 49.6. The number of nitrogens with zero attached hydrogens (tertiary/aromatic N) is 2. The average molecular weight is 2010 g/mol. The second kappa shape index (κ2) is 58.9. The van der Waals surface area contributed by atoms with Gasteiger partial charge in [0.25, 0.3) is 0 Å². The van der Waals surface area contributed by atoms with Crippen LogP contribution in [0.2, 0.25) is 0 Å². The summed E-state index contributed by atoms with van der Waals surface area (Å²) in [6.07, 6.45) is -1.87. The predicted molar refractivity (Wildman–Crippen MR) is 527 cm³/mol. The summed E-state index contributed by atoms with van der Waals surface area (Å²) in [5.41, 5.74) is 35.4. The van der Waals surface area contributed by atoms with E-state index in [2.05, 4.69) is 90.4 Å². The third kappa shape index (κ3) is 38.7. The zero-order chi connectivity index (χ0) is 104. The molecule has 0 spiro atoms. The topological polar surface area (TPSA) is 793 Å². The molecular weight excluding hydrogens is 1870 g/mol. The number of hydrogen-bond donors (Lipinski definition) is 29. The van der Waals surface area contributed by atoms with Gasteiger partial charge in [0.2, 0.25) is 94.5 Å². The molecule has 0 unspecified atom stereocenters. The monoisotopic (exact) mass is 2010 g/mol. The van der Waals surface area contributed by atoms with E-state index in [1.807, 2.05) is 0 Å². The lowest BCUT2D eigenvalue weighted by molar-refractivity contribution is -0.146. The van der Waals surface area contributed by atoms with Crippen molar-refractivity contribution in [3.05, 3.63) is 102 Å². The molecule has 6 rings (SSSR count). The van der Waals surface area contributed by atoms with E-state index < -0.39 is 239 Å². The van der Waals surface area contributed by atoms with E-state index in [1.165, 1.54) is 38.1 Å². The minimum Gasteiger partial charge on any atom is -0.508 e. The standard InChI is InChI=1S/C91H141N29O19S2/c1-8-50(6)71-84(136)110-60(35-36-92)77(129)118-72(69(53-21-11-9-12-22-53)54-23-13-10-14-24-54)85(137)113-63(45-68(123)124)86(138)119-41-20-30-67(119)82(134)116-70(49(4)5)83(135)114-64(80(132)109-58(27-17-39-104-90(98)99)75(127)107-56(73(93)125)25-15-37-102-88(94)95)46-140-141-47-65(115-76(128)59(28-18-40-105-91(100)101)108-74(126)57(106-51(7)121)26-16-38-103-89(96)97)87(139)120-42-19-29-66(120)81(133)112-61(43-48(2)3)78(130)111-62(79(131)117-71)44-52-31-33-55(122)34-32-52/h9-14,21-24,31-34,48-50,56-67,69-72,122H,8,15-20,25-30,35-47,92H2,1-7H3,(H2,93,125)(H,106,121)(H,107,127)(H,108,126)(H,109,132)(H,110,136)(H,111,130)(H,112,133)(H,113,137)(H,114,135)(H,115,128)(H,116,134)(H,117,131)(H,118,129)(H,123,124)(H4,94,95,102)(H4,96,97,103)(H4,98,99,104)(H4,100,101,105)/t50-,56-,57-,58-,59-,60-,61-,62-,63-,64-,65-,66-,67-,70-,71-,72-/m0/s1. The van der Waals surface area contributed by atoms with Crippen LogP contribution >= 0.6 is 21.6 Å². The highest BCUT2D eigenvalue weighted by Gasteiger charge is 2.46. The van der Waals surface area contributed by atoms with Crippen molar-refractivity contribution in [2.45, 2.75) is 254 Å². The van der Waals surface area contributed by atoms with Crippen LogP contribution in [0.15, 0.2) is 84.9 Å². The number of guanidine groups is 4. The Hall–Kier alpha value is -13.8. The normalized spacial score (nSPS) is 21.9. The molecule has 3 saturated heterocycles. The van der Waals surface area contributed by atoms with Gasteiger partial charge in [0.1, 0.15) is 96.4 Å². The number of hydrogen-bond acceptors (Lipinski definition) is 25. The number of nitrogens with two attached hydrogens (primary N) is 6. The van der Waals surface area contributed by atoms with E-state index in [0.717, 1.165) is 38.3 Å². The first-order chi connectivity index (χ1) is 66.9. The Morgan fingerprint density at radius 3 is 1.39 bits per heavy atom. The molecule has 50 heteroatoms. The van der Waals surface area contributed by atoms with E-state index in [4.69, 9.17) is 56.0 Å². The van der Waals surface area contributed by atoms with Crippen LogP contribution in [0.5, 0.6) is 5.75 Å². The molecule has 3 aliphatic rings. The molecule has 141 heavy (non-hydrogen) atoms. The summed E-state index contributed by atoms with van der Waals surface area (Å²) in [6, 6.07) is -1.73. The third-order valence-electron chi connectivity index (χ3n) is 23.7. The summed E-state index contributed by atoms with van der Waals surface area (Å²) < 4.78 is 0. The van der Waals surface area contributed by atoms with Crippen molar-refractivity contribution in [2.24, 2.45) is 52.2 Å². The molecule has 48 nitrogen and oxygen atoms in total. The maximum absolute atomic E-state index is 15.9. The molecular formula is C91H141N29O19S2. The van der Waals surface area contributed by atoms with Gasteiger partial charge in [-0.15, -0.1) is 0 Å². The number of carboxylic acid groups (broad SMARTS) is 1. The van der Waals surface area contributed by atoms with Crippen LogP contribution in [0.3, 0.4) is 0 Å². The number of nitrogens with one attached hydrogen (secondary N) is 21. The van der Waals surface area contributed by atoms with Crippen LogP contribution in [0.25, 0.3) is 0 Å². The van der Waals surface area contributed by atoms with Crippen molar-refractivity contribution in [1.82, 2.24) is 100 Å². The van der Waals surface area contributed by atoms with Gasteiger partial charge in [-0.1, -0.05) is 142 Å². The second-order valence-electron chi connectivity index (χ2n) is 35.6. The molecule has 16 amide bonds. The molecule has 3 fully saturated rings. The van der Waals surface area contributed by atoms with Gasteiger partial charge in [-0.25, -0.2) is 0 Å². The van der Waals surface area contributed by atoms with Gasteiger partial charge in [-0.2, -0.15) is 0 Å². The quantitative estimate of drug-likeness (QED) is 0.0111. The number of carboxylic acids is 1. The summed E-state index contributed by atoms with van der Waals surface area (Å²) in [7, 11) is 1.62. The molecule has 0 aromatic heterocycles. The summed E-state index contributed by atoms with van der Waals surface area (Å²) in [6.45, 7) is 10.5. The molecule has 3 aromatic rings. The van der Waals surface area contributed by atoms with E-state index in [-0.39, 0.29) is 172 Å². The number of phenols is 1. The van der Waals surface area contributed by atoms with Crippen molar-refractivity contribution < 1.29 is 91.7 Å². The molecule has 0 saturated carbocycles. The van der Waals surface area contributed by atoms with Crippen LogP contribution < -0.4 is 125 Å². The van der Waals surface area contributed by atoms with E-state index >= 15 is 57.5 Å². The van der Waals surface area contributed by atoms with Crippen molar-refractivity contribution in [3.8, 4) is 5.75 Å². The number of primary amides is 1. The number of fused-ring (bicyclic) bond motifs is 2. The minimum absolute atomic E-state index is 0.00137. The largest absolute Gasteiger partial charge is 0.508 e. The Labute approximate surface area is 826 Å². The SMILES string of the molecule is CC[C@H](C)[C@@H]1NC(=O)[C@H](Cc2ccc(O)cc2)NC(=O)[C@H](CC(C)C)NC(=O)[C@@H]2CCCN2C(=O)[C@@H](NC(=O)[C@H](CCCNC(=N)N)NC(=O)[C@H](CCCNC(=N)N)NC(C)=O)CSSC[C@@H](C(=O)N[C@@H](CCCNC(=N)N)C(=O)N[C@@H](CCCNC(=N)N)C(N)=O)NC(=O)[C@H](C(C)C)NC(=O)[C@@H]2CCCN2C(=O)[C@H](CC(=O)O)NC(=O)[C@H](C(c2ccccc2)c2ccccc2)NC(=O)[C@H](CCN)NC1=O. The van der Waals surface area contributed by atoms with E-state index in [0.29, 0.717) is 16.7 Å². The molecule has 0 radical (unpaired) electrons. The molecule has 16 atom stereocenters. The van der Waals surface area contributed by atoms with Crippen molar-refractivity contribution in [3.63, 3.8) is 0 Å². The Morgan fingerprint density at radius 1 is 0.482 bits per heavy atom. The Balaban J connectivity index is 1.58. The number of aliphatic carboxylic acids is 1. The van der Waals surface area contributed by atoms with E-state index in [9.17, 15) is 34.2 Å². The smallest absolute Gasteiger partial charge is 0.305 e. The predicted octanol–water partition coefficient (Wildman–Crippen LogP) is -4.42. The first kappa shape index (κ1) is 116. The van der Waals surface area contributed by atoms with Crippen LogP contribution in [0, 0.1) is 39.4 Å². The van der Waals surface area contributed by atoms with Crippen LogP contribution in [0.1, 0.15) is 174 Å². The highest BCUT2D eigenvalue weighted by molar-refractivity contribution is 8.76. The van der Waals surface area contributed by atoms with Gasteiger partial charge in [0.05, 0.1) is 6.42 Å². The Bertz CT molecular complexity index is 4780. The summed E-state index contributed by atoms with van der Waals surface area (Å²) in [5.74, 6) is -23.2. The number of carbonyl (C=O) groups is 17. The zero-order valence-electron chi connectivity index (χ0n) is 80.4. The van der Waals surface area contributed by atoms with E-state index in [1.54, 1.807) is 88.4 Å². The molecule has 0 aliphatic carbocycles. The molecule has 3 heterocycles. The summed E-state index contributed by atoms with van der Waals surface area (Å²) in [4.78, 5) is 255. The number of benzene rings is 3. The molecule has 0 bridgehead atoms. The lowest BCUT2D eigenvalue weighted by atomic mass is 9.84. The number of amides is 16. The summed E-state index contributed by atoms with van der Waals surface area (Å²) >= 11 is 0. The lowest BCUT2D eigenvalue weighted by Gasteiger charge is -2.33. The van der Waals surface area contributed by atoms with Crippen molar-refractivity contribution in [1.29, 1.82) is 21.6 Å². The molecule has 35 N–H and O–H groups in total. The fourth-order valence-corrected chi connectivity index (χ4v) is 18.6. The fourth-order valence-electron chi connectivity index (χ4n) is 16.2. The highest BCUT2D eigenvalue weighted by atomic mass is 33.1. The third-order valence-corrected chi connectivity index (χ3v) is 26.2. The zero-order valence-corrected chi connectivity index (χ0v) is 82.1. The Morgan fingerprint density at radius 2 is 0.908 bits per heavy atom. The number of carbonyl (C=O) groups excluding carboxylic acids is 16. The van der Waals surface area contributed by atoms with Gasteiger partial charge in [-0.3, -0.25) is 103 Å². The van der Waals surface area contributed by atoms with Crippen molar-refractivity contribution >= 4 is 146 Å². The highest BCUT2D eigenvalue weighted by Crippen LogP contribution is 2.32. The van der Waals surface area contributed by atoms with Gasteiger partial charge in [-0.05, 0) is 143 Å². The number of phenolic OH excluding ortho intramolecular Hbond substituents is 1. The van der Waals surface area contributed by atoms with Gasteiger partial charge >= 0.3 is 5.97 Å². The summed E-state index contributed by atoms with van der Waals surface area (Å²) in [5, 5.41) is 97.3. The fraction of sp³-hybridized carbons (Fsp3) is 0.571. The van der Waals surface area contributed by atoms with Crippen LogP contribution in [-0.2, 0) is 87.9 Å². The molecule has 3 aliphatic heterocycles. The maximum Gasteiger partial charge on any atom is 0.305 e.